The van der Waals surface area contributed by atoms with Crippen LogP contribution < -0.4 is 5.32 Å². The zero-order valence-corrected chi connectivity index (χ0v) is 13.3. The SMILES string of the molecule is CC(C)(C)OC(=O)NCCN=Cc1ccc(Cl)cc1Cl. The number of carbonyl (C=O) groups excluding carboxylic acids is 1. The molecule has 0 bridgehead atoms. The van der Waals surface area contributed by atoms with Gasteiger partial charge in [0.2, 0.25) is 0 Å². The van der Waals surface area contributed by atoms with Gasteiger partial charge in [-0.1, -0.05) is 29.3 Å². The first-order valence-electron chi connectivity index (χ1n) is 6.20. The van der Waals surface area contributed by atoms with Crippen LogP contribution in [0, 0.1) is 0 Å². The summed E-state index contributed by atoms with van der Waals surface area (Å²) in [6, 6.07) is 5.19. The minimum absolute atomic E-state index is 0.399. The number of hydrogen-bond acceptors (Lipinski definition) is 3. The highest BCUT2D eigenvalue weighted by Gasteiger charge is 2.15. The van der Waals surface area contributed by atoms with Gasteiger partial charge >= 0.3 is 6.09 Å². The molecular formula is C14H18Cl2N2O2. The van der Waals surface area contributed by atoms with Crippen molar-refractivity contribution in [2.45, 2.75) is 26.4 Å². The molecule has 1 rings (SSSR count). The number of alkyl carbamates (subject to hydrolysis) is 1. The summed E-state index contributed by atoms with van der Waals surface area (Å²) in [5, 5.41) is 3.75. The molecule has 0 atom stereocenters. The number of nitrogens with one attached hydrogen (secondary N) is 1. The second-order valence-electron chi connectivity index (χ2n) is 5.13. The maximum absolute atomic E-state index is 11.4. The minimum Gasteiger partial charge on any atom is -0.444 e. The summed E-state index contributed by atoms with van der Waals surface area (Å²) in [5.74, 6) is 0. The van der Waals surface area contributed by atoms with Crippen LogP contribution >= 0.6 is 23.2 Å². The van der Waals surface area contributed by atoms with Crippen LogP contribution in [0.15, 0.2) is 23.2 Å². The Hall–Kier alpha value is -1.26. The van der Waals surface area contributed by atoms with Crippen LogP contribution in [0.25, 0.3) is 0 Å². The highest BCUT2D eigenvalue weighted by Crippen LogP contribution is 2.19. The Morgan fingerprint density at radius 1 is 1.40 bits per heavy atom. The van der Waals surface area contributed by atoms with Crippen LogP contribution in [0.1, 0.15) is 26.3 Å². The number of ether oxygens (including phenoxy) is 1. The molecule has 0 saturated carbocycles. The van der Waals surface area contributed by atoms with Crippen molar-refractivity contribution in [2.75, 3.05) is 13.1 Å². The molecule has 0 aliphatic carbocycles. The lowest BCUT2D eigenvalue weighted by molar-refractivity contribution is 0.0529. The van der Waals surface area contributed by atoms with Gasteiger partial charge in [-0.25, -0.2) is 4.79 Å². The van der Waals surface area contributed by atoms with Crippen molar-refractivity contribution in [2.24, 2.45) is 4.99 Å². The first-order valence-corrected chi connectivity index (χ1v) is 6.95. The Morgan fingerprint density at radius 3 is 2.70 bits per heavy atom. The molecule has 1 N–H and O–H groups in total. The second-order valence-corrected chi connectivity index (χ2v) is 5.97. The van der Waals surface area contributed by atoms with E-state index < -0.39 is 11.7 Å². The van der Waals surface area contributed by atoms with Gasteiger partial charge < -0.3 is 10.1 Å². The number of amides is 1. The lowest BCUT2D eigenvalue weighted by atomic mass is 10.2. The number of nitrogens with zero attached hydrogens (tertiary/aromatic N) is 1. The van der Waals surface area contributed by atoms with Crippen molar-refractivity contribution in [3.63, 3.8) is 0 Å². The third-order valence-electron chi connectivity index (χ3n) is 2.10. The highest BCUT2D eigenvalue weighted by molar-refractivity contribution is 6.36. The Balaban J connectivity index is 2.34. The van der Waals surface area contributed by atoms with E-state index in [1.54, 1.807) is 24.4 Å². The van der Waals surface area contributed by atoms with Gasteiger partial charge in [-0.3, -0.25) is 4.99 Å². The monoisotopic (exact) mass is 316 g/mol. The lowest BCUT2D eigenvalue weighted by Crippen LogP contribution is -2.33. The number of halogens is 2. The van der Waals surface area contributed by atoms with Crippen molar-refractivity contribution in [1.82, 2.24) is 5.32 Å². The van der Waals surface area contributed by atoms with Crippen LogP contribution in [0.5, 0.6) is 0 Å². The summed E-state index contributed by atoms with van der Waals surface area (Å²) in [7, 11) is 0. The predicted octanol–water partition coefficient (Wildman–Crippen LogP) is 3.94. The zero-order chi connectivity index (χ0) is 15.2. The average Bonchev–Trinajstić information content (AvgIpc) is 2.28. The molecule has 110 valence electrons. The van der Waals surface area contributed by atoms with E-state index in [9.17, 15) is 4.79 Å². The van der Waals surface area contributed by atoms with Gasteiger partial charge in [0.25, 0.3) is 0 Å². The van der Waals surface area contributed by atoms with Gasteiger partial charge in [0, 0.05) is 23.3 Å². The van der Waals surface area contributed by atoms with Crippen LogP contribution in [0.3, 0.4) is 0 Å². The fourth-order valence-corrected chi connectivity index (χ4v) is 1.76. The normalized spacial score (nSPS) is 11.7. The van der Waals surface area contributed by atoms with Crippen molar-refractivity contribution in [1.29, 1.82) is 0 Å². The standard InChI is InChI=1S/C14H18Cl2N2O2/c1-14(2,3)20-13(19)18-7-6-17-9-10-4-5-11(15)8-12(10)16/h4-5,8-9H,6-7H2,1-3H3,(H,18,19). The number of carbonyl (C=O) groups is 1. The Morgan fingerprint density at radius 2 is 2.10 bits per heavy atom. The molecule has 0 aromatic heterocycles. The molecule has 0 spiro atoms. The molecule has 0 aliphatic heterocycles. The summed E-state index contributed by atoms with van der Waals surface area (Å²) in [6.07, 6.45) is 1.20. The molecular weight excluding hydrogens is 299 g/mol. The first kappa shape index (κ1) is 16.8. The summed E-state index contributed by atoms with van der Waals surface area (Å²) >= 11 is 11.8. The van der Waals surface area contributed by atoms with Crippen LogP contribution in [0.2, 0.25) is 10.0 Å². The van der Waals surface area contributed by atoms with E-state index >= 15 is 0 Å². The molecule has 0 heterocycles. The van der Waals surface area contributed by atoms with E-state index in [0.717, 1.165) is 5.56 Å². The molecule has 1 aromatic carbocycles. The molecule has 0 saturated heterocycles. The van der Waals surface area contributed by atoms with Gasteiger partial charge in [0.1, 0.15) is 5.60 Å². The maximum Gasteiger partial charge on any atom is 0.407 e. The van der Waals surface area contributed by atoms with E-state index in [4.69, 9.17) is 27.9 Å². The molecule has 0 unspecified atom stereocenters. The van der Waals surface area contributed by atoms with E-state index in [1.807, 2.05) is 20.8 Å². The summed E-state index contributed by atoms with van der Waals surface area (Å²) < 4.78 is 5.10. The molecule has 1 amide bonds. The van der Waals surface area contributed by atoms with E-state index in [2.05, 4.69) is 10.3 Å². The number of benzene rings is 1. The van der Waals surface area contributed by atoms with Crippen molar-refractivity contribution in [3.05, 3.63) is 33.8 Å². The largest absolute Gasteiger partial charge is 0.444 e. The Labute approximate surface area is 129 Å². The van der Waals surface area contributed by atoms with Crippen molar-refractivity contribution in [3.8, 4) is 0 Å². The first-order chi connectivity index (χ1) is 9.28. The van der Waals surface area contributed by atoms with Crippen LogP contribution in [-0.2, 0) is 4.74 Å². The van der Waals surface area contributed by atoms with Gasteiger partial charge in [-0.15, -0.1) is 0 Å². The lowest BCUT2D eigenvalue weighted by Gasteiger charge is -2.19. The molecule has 0 radical (unpaired) electrons. The topological polar surface area (TPSA) is 50.7 Å². The third-order valence-corrected chi connectivity index (χ3v) is 2.66. The predicted molar refractivity (Wildman–Crippen MR) is 83.2 cm³/mol. The maximum atomic E-state index is 11.4. The average molecular weight is 317 g/mol. The summed E-state index contributed by atoms with van der Waals surface area (Å²) in [5.41, 5.74) is 0.290. The van der Waals surface area contributed by atoms with E-state index in [-0.39, 0.29) is 0 Å². The summed E-state index contributed by atoms with van der Waals surface area (Å²) in [6.45, 7) is 6.28. The van der Waals surface area contributed by atoms with Crippen LogP contribution in [-0.4, -0.2) is 31.0 Å². The smallest absolute Gasteiger partial charge is 0.407 e. The van der Waals surface area contributed by atoms with Gasteiger partial charge in [0.15, 0.2) is 0 Å². The molecule has 6 heteroatoms. The number of aliphatic imine (C=N–C) groups is 1. The number of rotatable bonds is 4. The molecule has 0 aliphatic rings. The number of hydrogen-bond donors (Lipinski definition) is 1. The molecule has 1 aromatic rings. The highest BCUT2D eigenvalue weighted by atomic mass is 35.5. The van der Waals surface area contributed by atoms with Crippen molar-refractivity contribution >= 4 is 35.5 Å². The van der Waals surface area contributed by atoms with Gasteiger partial charge in [-0.05, 0) is 32.9 Å². The van der Waals surface area contributed by atoms with E-state index in [1.165, 1.54) is 0 Å². The second kappa shape index (κ2) is 7.50. The van der Waals surface area contributed by atoms with Crippen molar-refractivity contribution < 1.29 is 9.53 Å². The fourth-order valence-electron chi connectivity index (χ4n) is 1.31. The van der Waals surface area contributed by atoms with Crippen LogP contribution in [0.4, 0.5) is 4.79 Å². The quantitative estimate of drug-likeness (QED) is 0.675. The zero-order valence-electron chi connectivity index (χ0n) is 11.7. The molecule has 20 heavy (non-hydrogen) atoms. The molecule has 0 fully saturated rings. The Bertz CT molecular complexity index is 496. The van der Waals surface area contributed by atoms with Gasteiger partial charge in [-0.2, -0.15) is 0 Å². The fraction of sp³-hybridized carbons (Fsp3) is 0.429. The Kier molecular flexibility index (Phi) is 6.30. The molecule has 4 nitrogen and oxygen atoms in total. The van der Waals surface area contributed by atoms with E-state index in [0.29, 0.717) is 23.1 Å². The van der Waals surface area contributed by atoms with Gasteiger partial charge in [0.05, 0.1) is 11.6 Å². The summed E-state index contributed by atoms with van der Waals surface area (Å²) in [4.78, 5) is 15.5. The minimum atomic E-state index is -0.496. The third kappa shape index (κ3) is 6.78.